The van der Waals surface area contributed by atoms with Crippen LogP contribution in [0.4, 0.5) is 0 Å². The smallest absolute Gasteiger partial charge is 0.176 e. The molecule has 2 unspecified atom stereocenters. The van der Waals surface area contributed by atoms with Crippen LogP contribution in [-0.4, -0.2) is 24.4 Å². The molecule has 51 heavy (non-hydrogen) atoms. The molecule has 0 N–H and O–H groups in total. The van der Waals surface area contributed by atoms with Crippen molar-refractivity contribution in [3.05, 3.63) is 157 Å². The number of hydrogen-bond acceptors (Lipinski definition) is 4. The van der Waals surface area contributed by atoms with Crippen molar-refractivity contribution in [3.8, 4) is 34.4 Å². The molecule has 0 heterocycles. The van der Waals surface area contributed by atoms with E-state index >= 15 is 0 Å². The van der Waals surface area contributed by atoms with Crippen LogP contribution < -0.4 is 0 Å². The molecule has 4 nitrogen and oxygen atoms in total. The number of rotatable bonds is 13. The van der Waals surface area contributed by atoms with Crippen molar-refractivity contribution in [1.29, 1.82) is 10.5 Å². The van der Waals surface area contributed by atoms with Gasteiger partial charge in [-0.3, -0.25) is 0 Å². The van der Waals surface area contributed by atoms with Gasteiger partial charge in [0.05, 0.1) is 0 Å². The SMILES string of the molecule is CCCCCOC1(C#N)C=CC(c2ccc(-c3ccccc3)cc2)=CC1.CCCCOC1(C#N)C=CC(c2ccc(-c3ccccc3)cc2)=CC1. The summed E-state index contributed by atoms with van der Waals surface area (Å²) in [6.07, 6.45) is 18.6. The van der Waals surface area contributed by atoms with Gasteiger partial charge in [-0.2, -0.15) is 10.5 Å². The van der Waals surface area contributed by atoms with E-state index in [9.17, 15) is 10.5 Å². The first-order valence-corrected chi connectivity index (χ1v) is 18.2. The minimum absolute atomic E-state index is 0.597. The van der Waals surface area contributed by atoms with Crippen LogP contribution >= 0.6 is 0 Å². The maximum atomic E-state index is 9.56. The van der Waals surface area contributed by atoms with Gasteiger partial charge in [-0.25, -0.2) is 0 Å². The Hall–Kier alpha value is -5.26. The third-order valence-electron chi connectivity index (χ3n) is 9.31. The second-order valence-electron chi connectivity index (χ2n) is 13.0. The lowest BCUT2D eigenvalue weighted by Crippen LogP contribution is -2.29. The third-order valence-corrected chi connectivity index (χ3v) is 9.31. The molecular weight excluding hydrogens is 625 g/mol. The van der Waals surface area contributed by atoms with Crippen molar-refractivity contribution >= 4 is 11.1 Å². The fraction of sp³-hybridized carbons (Fsp3) is 0.277. The molecule has 4 aromatic carbocycles. The highest BCUT2D eigenvalue weighted by Gasteiger charge is 2.30. The van der Waals surface area contributed by atoms with Gasteiger partial charge in [-0.1, -0.05) is 167 Å². The summed E-state index contributed by atoms with van der Waals surface area (Å²) in [5, 5.41) is 19.1. The minimum atomic E-state index is -0.804. The molecule has 0 radical (unpaired) electrons. The summed E-state index contributed by atoms with van der Waals surface area (Å²) in [7, 11) is 0. The van der Waals surface area contributed by atoms with Gasteiger partial charge in [-0.05, 0) is 69.5 Å². The van der Waals surface area contributed by atoms with E-state index in [1.807, 2.05) is 36.4 Å². The summed E-state index contributed by atoms with van der Waals surface area (Å²) in [6.45, 7) is 5.55. The van der Waals surface area contributed by atoms with E-state index in [1.54, 1.807) is 0 Å². The molecule has 0 saturated carbocycles. The van der Waals surface area contributed by atoms with Crippen LogP contribution in [0.3, 0.4) is 0 Å². The topological polar surface area (TPSA) is 66.0 Å². The standard InChI is InChI=1S/C24H25NO.C23H23NO/c1-2-3-7-18-26-24(19-25)16-14-23(15-17-24)22-12-10-21(11-13-22)20-8-5-4-6-9-20;1-2-3-17-25-23(18-24)15-13-22(14-16-23)21-11-9-20(10-12-21)19-7-5-4-6-8-19/h4-6,8-16H,2-3,7,17-18H2,1H3;4-15H,2-3,16-17H2,1H3. The van der Waals surface area contributed by atoms with E-state index in [0.717, 1.165) is 48.8 Å². The largest absolute Gasteiger partial charge is 0.356 e. The molecule has 2 aliphatic rings. The van der Waals surface area contributed by atoms with Gasteiger partial charge < -0.3 is 9.47 Å². The molecule has 4 aromatic rings. The Morgan fingerprint density at radius 2 is 0.863 bits per heavy atom. The molecule has 2 aliphatic carbocycles. The van der Waals surface area contributed by atoms with E-state index < -0.39 is 11.2 Å². The van der Waals surface area contributed by atoms with Gasteiger partial charge in [0.2, 0.25) is 0 Å². The summed E-state index contributed by atoms with van der Waals surface area (Å²) >= 11 is 0. The number of allylic oxidation sites excluding steroid dienone is 4. The lowest BCUT2D eigenvalue weighted by molar-refractivity contribution is 0.0325. The van der Waals surface area contributed by atoms with Crippen molar-refractivity contribution < 1.29 is 9.47 Å². The zero-order chi connectivity index (χ0) is 35.8. The Balaban J connectivity index is 0.000000198. The second-order valence-corrected chi connectivity index (χ2v) is 13.0. The number of ether oxygens (including phenoxy) is 2. The van der Waals surface area contributed by atoms with Gasteiger partial charge >= 0.3 is 0 Å². The molecule has 6 rings (SSSR count). The van der Waals surface area contributed by atoms with Crippen molar-refractivity contribution in [3.63, 3.8) is 0 Å². The van der Waals surface area contributed by atoms with Crippen LogP contribution in [-0.2, 0) is 9.47 Å². The average molecular weight is 673 g/mol. The molecule has 258 valence electrons. The Bertz CT molecular complexity index is 1890. The quantitative estimate of drug-likeness (QED) is 0.133. The first-order valence-electron chi connectivity index (χ1n) is 18.2. The zero-order valence-corrected chi connectivity index (χ0v) is 29.9. The Morgan fingerprint density at radius 3 is 1.22 bits per heavy atom. The van der Waals surface area contributed by atoms with Crippen LogP contribution in [0.5, 0.6) is 0 Å². The fourth-order valence-electron chi connectivity index (χ4n) is 6.09. The van der Waals surface area contributed by atoms with Crippen LogP contribution in [0.1, 0.15) is 69.9 Å². The third kappa shape index (κ3) is 10.1. The second kappa shape index (κ2) is 18.7. The van der Waals surface area contributed by atoms with E-state index in [2.05, 4.69) is 135 Å². The highest BCUT2D eigenvalue weighted by molar-refractivity contribution is 5.78. The van der Waals surface area contributed by atoms with Crippen molar-refractivity contribution in [2.24, 2.45) is 0 Å². The fourth-order valence-corrected chi connectivity index (χ4v) is 6.09. The van der Waals surface area contributed by atoms with Crippen LogP contribution in [0.15, 0.2) is 146 Å². The summed E-state index contributed by atoms with van der Waals surface area (Å²) in [5.74, 6) is 0. The zero-order valence-electron chi connectivity index (χ0n) is 29.9. The summed E-state index contributed by atoms with van der Waals surface area (Å²) in [6, 6.07) is 42.5. The van der Waals surface area contributed by atoms with Crippen LogP contribution in [0, 0.1) is 22.7 Å². The molecule has 0 aromatic heterocycles. The molecule has 0 amide bonds. The molecule has 0 bridgehead atoms. The normalized spacial score (nSPS) is 19.1. The highest BCUT2D eigenvalue weighted by Crippen LogP contribution is 2.32. The summed E-state index contributed by atoms with van der Waals surface area (Å²) in [5.41, 5.74) is 7.86. The van der Waals surface area contributed by atoms with Gasteiger partial charge in [-0.15, -0.1) is 0 Å². The summed E-state index contributed by atoms with van der Waals surface area (Å²) in [4.78, 5) is 0. The number of nitriles is 2. The number of nitrogens with zero attached hydrogens (tertiary/aromatic N) is 2. The van der Waals surface area contributed by atoms with Crippen molar-refractivity contribution in [1.82, 2.24) is 0 Å². The van der Waals surface area contributed by atoms with Gasteiger partial charge in [0.1, 0.15) is 12.1 Å². The van der Waals surface area contributed by atoms with E-state index in [0.29, 0.717) is 26.1 Å². The Labute approximate surface area is 304 Å². The summed E-state index contributed by atoms with van der Waals surface area (Å²) < 4.78 is 11.7. The number of benzene rings is 4. The van der Waals surface area contributed by atoms with Crippen LogP contribution in [0.2, 0.25) is 0 Å². The Morgan fingerprint density at radius 1 is 0.490 bits per heavy atom. The minimum Gasteiger partial charge on any atom is -0.356 e. The molecule has 0 aliphatic heterocycles. The lowest BCUT2D eigenvalue weighted by atomic mass is 9.89. The van der Waals surface area contributed by atoms with Crippen molar-refractivity contribution in [2.75, 3.05) is 13.2 Å². The van der Waals surface area contributed by atoms with E-state index in [1.165, 1.54) is 27.8 Å². The maximum absolute atomic E-state index is 9.56. The molecule has 0 fully saturated rings. The average Bonchev–Trinajstić information content (AvgIpc) is 3.21. The molecule has 0 spiro atoms. The van der Waals surface area contributed by atoms with Gasteiger partial charge in [0.15, 0.2) is 11.2 Å². The van der Waals surface area contributed by atoms with Crippen LogP contribution in [0.25, 0.3) is 33.4 Å². The van der Waals surface area contributed by atoms with E-state index in [4.69, 9.17) is 9.47 Å². The lowest BCUT2D eigenvalue weighted by Gasteiger charge is -2.25. The first kappa shape index (κ1) is 37.0. The molecular formula is C47H48N2O2. The van der Waals surface area contributed by atoms with Gasteiger partial charge in [0.25, 0.3) is 0 Å². The Kier molecular flexibility index (Phi) is 13.5. The number of unbranched alkanes of at least 4 members (excludes halogenated alkanes) is 3. The highest BCUT2D eigenvalue weighted by atomic mass is 16.5. The maximum Gasteiger partial charge on any atom is 0.176 e. The van der Waals surface area contributed by atoms with Gasteiger partial charge in [0, 0.05) is 26.1 Å². The van der Waals surface area contributed by atoms with Crippen molar-refractivity contribution in [2.45, 2.75) is 70.0 Å². The monoisotopic (exact) mass is 672 g/mol. The van der Waals surface area contributed by atoms with E-state index in [-0.39, 0.29) is 0 Å². The predicted molar refractivity (Wildman–Crippen MR) is 210 cm³/mol. The molecule has 4 heteroatoms. The molecule has 0 saturated heterocycles. The first-order chi connectivity index (χ1) is 25.0. The predicted octanol–water partition coefficient (Wildman–Crippen LogP) is 11.9. The molecule has 2 atom stereocenters. The number of hydrogen-bond donors (Lipinski definition) is 0.